The van der Waals surface area contributed by atoms with E-state index in [0.29, 0.717) is 12.2 Å². The molecular weight excluding hydrogens is 398 g/mol. The zero-order chi connectivity index (χ0) is 21.9. The maximum atomic E-state index is 13.4. The molecule has 1 N–H and O–H groups in total. The molecule has 1 saturated heterocycles. The SMILES string of the molecule is CN1CCC(N(Cc2cccc(-c3ccc4[nH]ccc4c3)c2)C(=O)c2cnccn2)CC1. The highest BCUT2D eigenvalue weighted by atomic mass is 16.2. The van der Waals surface area contributed by atoms with Crippen LogP contribution in [-0.4, -0.2) is 56.8 Å². The summed E-state index contributed by atoms with van der Waals surface area (Å²) in [6, 6.07) is 17.2. The van der Waals surface area contributed by atoms with Gasteiger partial charge in [0.25, 0.3) is 5.91 Å². The number of aromatic nitrogens is 3. The van der Waals surface area contributed by atoms with E-state index in [1.54, 1.807) is 18.6 Å². The second-order valence-electron chi connectivity index (χ2n) is 8.54. The van der Waals surface area contributed by atoms with E-state index >= 15 is 0 Å². The van der Waals surface area contributed by atoms with Gasteiger partial charge in [0.05, 0.1) is 6.20 Å². The molecule has 1 aliphatic heterocycles. The molecule has 2 aromatic heterocycles. The van der Waals surface area contributed by atoms with Crippen LogP contribution in [0.2, 0.25) is 0 Å². The molecule has 0 spiro atoms. The first-order valence-electron chi connectivity index (χ1n) is 11.1. The minimum atomic E-state index is -0.0493. The van der Waals surface area contributed by atoms with Crippen LogP contribution in [0.5, 0.6) is 0 Å². The average Bonchev–Trinajstić information content (AvgIpc) is 3.32. The molecule has 1 amide bonds. The molecule has 4 aromatic rings. The number of amides is 1. The Hall–Kier alpha value is -3.51. The van der Waals surface area contributed by atoms with Gasteiger partial charge in [-0.15, -0.1) is 0 Å². The van der Waals surface area contributed by atoms with Gasteiger partial charge in [-0.3, -0.25) is 9.78 Å². The van der Waals surface area contributed by atoms with Crippen molar-refractivity contribution in [2.24, 2.45) is 0 Å². The lowest BCUT2D eigenvalue weighted by atomic mass is 9.99. The maximum Gasteiger partial charge on any atom is 0.274 e. The number of aromatic amines is 1. The number of H-pyrrole nitrogens is 1. The fraction of sp³-hybridized carbons (Fsp3) is 0.269. The van der Waals surface area contributed by atoms with Crippen LogP contribution in [0.25, 0.3) is 22.0 Å². The van der Waals surface area contributed by atoms with Gasteiger partial charge >= 0.3 is 0 Å². The molecular formula is C26H27N5O. The first-order valence-corrected chi connectivity index (χ1v) is 11.1. The molecule has 1 fully saturated rings. The van der Waals surface area contributed by atoms with Gasteiger partial charge in [0.1, 0.15) is 5.69 Å². The Morgan fingerprint density at radius 2 is 1.94 bits per heavy atom. The van der Waals surface area contributed by atoms with Crippen molar-refractivity contribution in [3.05, 3.63) is 84.6 Å². The third-order valence-electron chi connectivity index (χ3n) is 6.34. The fourth-order valence-corrected chi connectivity index (χ4v) is 4.51. The molecule has 6 heteroatoms. The van der Waals surface area contributed by atoms with Crippen molar-refractivity contribution >= 4 is 16.8 Å². The zero-order valence-corrected chi connectivity index (χ0v) is 18.2. The van der Waals surface area contributed by atoms with Crippen LogP contribution in [0.4, 0.5) is 0 Å². The van der Waals surface area contributed by atoms with Gasteiger partial charge in [0.15, 0.2) is 0 Å². The van der Waals surface area contributed by atoms with E-state index in [1.165, 1.54) is 10.9 Å². The normalized spacial score (nSPS) is 15.2. The lowest BCUT2D eigenvalue weighted by Crippen LogP contribution is -2.46. The van der Waals surface area contributed by atoms with E-state index in [9.17, 15) is 4.79 Å². The molecule has 1 aliphatic rings. The number of fused-ring (bicyclic) bond motifs is 1. The summed E-state index contributed by atoms with van der Waals surface area (Å²) in [5.74, 6) is -0.0493. The predicted molar refractivity (Wildman–Crippen MR) is 126 cm³/mol. The molecule has 0 aliphatic carbocycles. The first-order chi connectivity index (χ1) is 15.7. The summed E-state index contributed by atoms with van der Waals surface area (Å²) in [6.07, 6.45) is 8.63. The van der Waals surface area contributed by atoms with Crippen LogP contribution >= 0.6 is 0 Å². The third kappa shape index (κ3) is 4.27. The number of benzene rings is 2. The Morgan fingerprint density at radius 3 is 2.75 bits per heavy atom. The van der Waals surface area contributed by atoms with Crippen LogP contribution in [0.3, 0.4) is 0 Å². The lowest BCUT2D eigenvalue weighted by molar-refractivity contribution is 0.0563. The van der Waals surface area contributed by atoms with E-state index in [-0.39, 0.29) is 11.9 Å². The average molecular weight is 426 g/mol. The van der Waals surface area contributed by atoms with Gasteiger partial charge in [-0.2, -0.15) is 0 Å². The van der Waals surface area contributed by atoms with Gasteiger partial charge < -0.3 is 14.8 Å². The number of rotatable bonds is 5. The van der Waals surface area contributed by atoms with Crippen LogP contribution in [-0.2, 0) is 6.54 Å². The maximum absolute atomic E-state index is 13.4. The second-order valence-corrected chi connectivity index (χ2v) is 8.54. The van der Waals surface area contributed by atoms with Gasteiger partial charge in [-0.25, -0.2) is 4.98 Å². The highest BCUT2D eigenvalue weighted by Crippen LogP contribution is 2.26. The van der Waals surface area contributed by atoms with Crippen molar-refractivity contribution < 1.29 is 4.79 Å². The molecule has 3 heterocycles. The molecule has 32 heavy (non-hydrogen) atoms. The number of nitrogens with zero attached hydrogens (tertiary/aromatic N) is 4. The molecule has 5 rings (SSSR count). The van der Waals surface area contributed by atoms with E-state index < -0.39 is 0 Å². The van der Waals surface area contributed by atoms with Crippen molar-refractivity contribution in [2.45, 2.75) is 25.4 Å². The summed E-state index contributed by atoms with van der Waals surface area (Å²) in [4.78, 5) is 29.3. The van der Waals surface area contributed by atoms with Crippen LogP contribution < -0.4 is 0 Å². The van der Waals surface area contributed by atoms with Crippen LogP contribution in [0, 0.1) is 0 Å². The van der Waals surface area contributed by atoms with Gasteiger partial charge in [0.2, 0.25) is 0 Å². The summed E-state index contributed by atoms with van der Waals surface area (Å²) < 4.78 is 0. The molecule has 0 radical (unpaired) electrons. The molecule has 0 saturated carbocycles. The topological polar surface area (TPSA) is 65.1 Å². The number of carbonyl (C=O) groups is 1. The minimum absolute atomic E-state index is 0.0493. The Kier molecular flexibility index (Phi) is 5.69. The van der Waals surface area contributed by atoms with E-state index in [0.717, 1.165) is 42.6 Å². The van der Waals surface area contributed by atoms with E-state index in [2.05, 4.69) is 75.4 Å². The van der Waals surface area contributed by atoms with Gasteiger partial charge in [-0.05, 0) is 79.3 Å². The van der Waals surface area contributed by atoms with E-state index in [4.69, 9.17) is 0 Å². The summed E-state index contributed by atoms with van der Waals surface area (Å²) in [7, 11) is 2.13. The number of carbonyl (C=O) groups excluding carboxylic acids is 1. The van der Waals surface area contributed by atoms with Crippen molar-refractivity contribution in [1.29, 1.82) is 0 Å². The highest BCUT2D eigenvalue weighted by Gasteiger charge is 2.28. The third-order valence-corrected chi connectivity index (χ3v) is 6.34. The summed E-state index contributed by atoms with van der Waals surface area (Å²) in [5.41, 5.74) is 4.98. The van der Waals surface area contributed by atoms with Gasteiger partial charge in [0, 0.05) is 36.7 Å². The number of hydrogen-bond donors (Lipinski definition) is 1. The van der Waals surface area contributed by atoms with Crippen molar-refractivity contribution in [3.8, 4) is 11.1 Å². The molecule has 0 bridgehead atoms. The molecule has 0 unspecified atom stereocenters. The van der Waals surface area contributed by atoms with Crippen molar-refractivity contribution in [2.75, 3.05) is 20.1 Å². The predicted octanol–water partition coefficient (Wildman–Crippen LogP) is 4.36. The lowest BCUT2D eigenvalue weighted by Gasteiger charge is -2.37. The smallest absolute Gasteiger partial charge is 0.274 e. The Balaban J connectivity index is 1.44. The Labute approximate surface area is 187 Å². The zero-order valence-electron chi connectivity index (χ0n) is 18.2. The second kappa shape index (κ2) is 8.93. The number of likely N-dealkylation sites (tertiary alicyclic amines) is 1. The standard InChI is InChI=1S/C26H27N5O/c1-30-13-8-23(9-14-30)31(26(32)25-17-27-11-12-29-25)18-19-3-2-4-20(15-19)21-5-6-24-22(16-21)7-10-28-24/h2-7,10-12,15-17,23,28H,8-9,13-14,18H2,1H3. The molecule has 0 atom stereocenters. The molecule has 2 aromatic carbocycles. The van der Waals surface area contributed by atoms with Crippen molar-refractivity contribution in [3.63, 3.8) is 0 Å². The Morgan fingerprint density at radius 1 is 1.09 bits per heavy atom. The van der Waals surface area contributed by atoms with Gasteiger partial charge in [-0.1, -0.05) is 24.3 Å². The fourth-order valence-electron chi connectivity index (χ4n) is 4.51. The first kappa shape index (κ1) is 20.4. The highest BCUT2D eigenvalue weighted by molar-refractivity contribution is 5.92. The minimum Gasteiger partial charge on any atom is -0.361 e. The van der Waals surface area contributed by atoms with Crippen molar-refractivity contribution in [1.82, 2.24) is 24.8 Å². The monoisotopic (exact) mass is 425 g/mol. The number of piperidine rings is 1. The number of nitrogens with one attached hydrogen (secondary N) is 1. The summed E-state index contributed by atoms with van der Waals surface area (Å²) in [5, 5.41) is 1.19. The largest absolute Gasteiger partial charge is 0.361 e. The summed E-state index contributed by atoms with van der Waals surface area (Å²) in [6.45, 7) is 2.54. The Bertz CT molecular complexity index is 1210. The van der Waals surface area contributed by atoms with Crippen LogP contribution in [0.15, 0.2) is 73.3 Å². The summed E-state index contributed by atoms with van der Waals surface area (Å²) >= 11 is 0. The number of hydrogen-bond acceptors (Lipinski definition) is 4. The quantitative estimate of drug-likeness (QED) is 0.516. The van der Waals surface area contributed by atoms with Crippen LogP contribution in [0.1, 0.15) is 28.9 Å². The molecule has 162 valence electrons. The van der Waals surface area contributed by atoms with E-state index in [1.807, 2.05) is 11.1 Å². The molecule has 6 nitrogen and oxygen atoms in total.